The highest BCUT2D eigenvalue weighted by Gasteiger charge is 2.25. The predicted octanol–water partition coefficient (Wildman–Crippen LogP) is 37.4. The molecular weight excluding hydrogens is 1770 g/mol. The van der Waals surface area contributed by atoms with E-state index in [1.165, 1.54) is 214 Å². The van der Waals surface area contributed by atoms with E-state index < -0.39 is 0 Å². The molecule has 0 amide bonds. The molecule has 0 aliphatic carbocycles. The lowest BCUT2D eigenvalue weighted by atomic mass is 9.83. The van der Waals surface area contributed by atoms with Crippen LogP contribution < -0.4 is 0 Å². The Hall–Kier alpha value is -19.4. The molecule has 0 aliphatic heterocycles. The molecular formula is C140H90N6. The van der Waals surface area contributed by atoms with Crippen LogP contribution in [0.4, 0.5) is 0 Å². The second-order valence-corrected chi connectivity index (χ2v) is 37.9. The number of hydrogen-bond acceptors (Lipinski definition) is 4. The van der Waals surface area contributed by atoms with Crippen molar-refractivity contribution >= 4 is 108 Å². The molecule has 0 saturated carbocycles. The molecule has 680 valence electrons. The summed E-state index contributed by atoms with van der Waals surface area (Å²) in [5.41, 5.74) is 39.3. The minimum absolute atomic E-state index is 0.818. The van der Waals surface area contributed by atoms with Crippen molar-refractivity contribution in [3.05, 3.63) is 547 Å². The Balaban J connectivity index is 0.000000145. The van der Waals surface area contributed by atoms with Gasteiger partial charge in [0.05, 0.1) is 45.3 Å². The summed E-state index contributed by atoms with van der Waals surface area (Å²) >= 11 is 0. The number of aromatic nitrogens is 6. The van der Waals surface area contributed by atoms with Gasteiger partial charge in [-0.25, -0.2) is 0 Å². The first-order chi connectivity index (χ1) is 72.4. The number of hydrogen-bond donors (Lipinski definition) is 0. The van der Waals surface area contributed by atoms with E-state index in [9.17, 15) is 0 Å². The number of pyridine rings is 4. The Labute approximate surface area is 845 Å². The second-order valence-electron chi connectivity index (χ2n) is 37.9. The first-order valence-electron chi connectivity index (χ1n) is 49.9. The van der Waals surface area contributed by atoms with E-state index in [1.807, 2.05) is 37.2 Å². The van der Waals surface area contributed by atoms with Crippen molar-refractivity contribution in [3.8, 4) is 167 Å². The molecule has 0 bridgehead atoms. The Bertz CT molecular complexity index is 9840. The maximum absolute atomic E-state index is 5.03. The summed E-state index contributed by atoms with van der Waals surface area (Å²) in [6, 6.07) is 186. The number of para-hydroxylation sites is 2. The number of rotatable bonds is 16. The fourth-order valence-electron chi connectivity index (χ4n) is 22.3. The van der Waals surface area contributed by atoms with Crippen molar-refractivity contribution in [3.63, 3.8) is 0 Å². The first-order valence-corrected chi connectivity index (χ1v) is 49.9. The third-order valence-electron chi connectivity index (χ3n) is 29.4. The fourth-order valence-corrected chi connectivity index (χ4v) is 22.3. The van der Waals surface area contributed by atoms with E-state index in [1.54, 1.807) is 0 Å². The molecule has 28 aromatic rings. The number of benzene rings is 22. The van der Waals surface area contributed by atoms with Gasteiger partial charge in [-0.1, -0.05) is 394 Å². The molecule has 6 nitrogen and oxygen atoms in total. The summed E-state index contributed by atoms with van der Waals surface area (Å²) in [6.45, 7) is 0. The molecule has 6 heteroatoms. The van der Waals surface area contributed by atoms with Crippen molar-refractivity contribution in [2.45, 2.75) is 0 Å². The molecule has 0 aliphatic rings. The lowest BCUT2D eigenvalue weighted by Gasteiger charge is -2.20. The third kappa shape index (κ3) is 15.7. The molecule has 0 N–H and O–H groups in total. The summed E-state index contributed by atoms with van der Waals surface area (Å²) in [4.78, 5) is 18.8. The molecule has 6 aromatic heterocycles. The van der Waals surface area contributed by atoms with E-state index in [0.717, 1.165) is 61.2 Å². The van der Waals surface area contributed by atoms with E-state index in [0.29, 0.717) is 0 Å². The van der Waals surface area contributed by atoms with Gasteiger partial charge in [-0.15, -0.1) is 0 Å². The second kappa shape index (κ2) is 36.7. The zero-order valence-electron chi connectivity index (χ0n) is 79.6. The zero-order valence-corrected chi connectivity index (χ0v) is 79.6. The van der Waals surface area contributed by atoms with E-state index in [2.05, 4.69) is 529 Å². The quantitative estimate of drug-likeness (QED) is 0.0905. The highest BCUT2D eigenvalue weighted by molar-refractivity contribution is 6.25. The van der Waals surface area contributed by atoms with Crippen LogP contribution in [0, 0.1) is 0 Å². The van der Waals surface area contributed by atoms with Crippen LogP contribution in [0.25, 0.3) is 276 Å². The lowest BCUT2D eigenvalue weighted by molar-refractivity contribution is 1.13. The standard InChI is InChI=1S/C73H48N2.C67H42N4/c1-3-15-49(16-4-1)54-19-11-21-56(43-54)58-23-13-25-61(45-58)72-65-28-7-8-29-66(65)73(62-26-14-24-59(46-62)57-22-12-20-55(44-57)50-17-5-2-6-18-50)68-47-60(37-40-67(68)72)53-33-31-51(32-34-53)52-35-38-63(39-36-52)75-70-30-10-9-27-64(70)69-48-74-42-41-71(69)75;1-3-11-43(12-4-1)45-19-21-49-37-52(25-23-47(49)35-45)66-57-16-7-8-17-58(57)67(53-26-24-48-36-46(20-22-50(48)38-53)44-13-5-2-6-14-44)60-39-51(27-30-59(60)66)54-28-31-62(69-40-54)63-32-29-55(41-70-63)71-64-18-10-9-15-56(64)61-42-68-34-33-65(61)71/h1-48H;1-42H. The minimum Gasteiger partial charge on any atom is -0.309 e. The smallest absolute Gasteiger partial charge is 0.0887 e. The largest absolute Gasteiger partial charge is 0.309 e. The van der Waals surface area contributed by atoms with Crippen LogP contribution in [0.3, 0.4) is 0 Å². The van der Waals surface area contributed by atoms with Crippen molar-refractivity contribution in [1.29, 1.82) is 0 Å². The molecule has 22 aromatic carbocycles. The SMILES string of the molecule is c1ccc(-c2ccc3cc(-c4c5ccccc5c(-c5ccc6cc(-c7ccccc7)ccc6c5)c5cc(-c6ccc(-c7ccc(-n8c9ccccc9c9cnccc98)cn7)nc6)ccc45)ccc3c2)cc1.c1ccc(-c2cccc(-c3cccc(-c4c5ccccc5c(-c5cccc(-c6cccc(-c7ccccc7)c6)c5)c5cc(-c6ccc(-c7ccc(-n8c9ccccc9c9cnccc98)cc7)cc6)ccc45)c3)c2)cc1. The molecule has 0 spiro atoms. The Kier molecular flexibility index (Phi) is 21.5. The van der Waals surface area contributed by atoms with Gasteiger partial charge in [0.2, 0.25) is 0 Å². The summed E-state index contributed by atoms with van der Waals surface area (Å²) in [7, 11) is 0. The maximum Gasteiger partial charge on any atom is 0.0887 e. The number of fused-ring (bicyclic) bond motifs is 12. The number of nitrogens with zero attached hydrogens (tertiary/aromatic N) is 6. The lowest BCUT2D eigenvalue weighted by Crippen LogP contribution is -1.96. The summed E-state index contributed by atoms with van der Waals surface area (Å²) in [5.74, 6) is 0. The van der Waals surface area contributed by atoms with Gasteiger partial charge in [0.1, 0.15) is 0 Å². The maximum atomic E-state index is 5.03. The Morgan fingerprint density at radius 2 is 0.377 bits per heavy atom. The highest BCUT2D eigenvalue weighted by atomic mass is 15.0. The van der Waals surface area contributed by atoms with Crippen molar-refractivity contribution in [2.24, 2.45) is 0 Å². The molecule has 0 atom stereocenters. The molecule has 0 saturated heterocycles. The molecule has 6 heterocycles. The van der Waals surface area contributed by atoms with Crippen LogP contribution in [0.5, 0.6) is 0 Å². The van der Waals surface area contributed by atoms with Gasteiger partial charge >= 0.3 is 0 Å². The Morgan fingerprint density at radius 1 is 0.130 bits per heavy atom. The van der Waals surface area contributed by atoms with Gasteiger partial charge in [0.15, 0.2) is 0 Å². The van der Waals surface area contributed by atoms with Crippen LogP contribution in [0.2, 0.25) is 0 Å². The normalized spacial score (nSPS) is 11.6. The third-order valence-corrected chi connectivity index (χ3v) is 29.4. The van der Waals surface area contributed by atoms with E-state index in [-0.39, 0.29) is 0 Å². The molecule has 146 heavy (non-hydrogen) atoms. The van der Waals surface area contributed by atoms with Gasteiger partial charge in [-0.3, -0.25) is 19.9 Å². The summed E-state index contributed by atoms with van der Waals surface area (Å²) in [6.07, 6.45) is 11.6. The molecule has 28 rings (SSSR count). The average molecular weight is 1860 g/mol. The molecule has 0 fully saturated rings. The van der Waals surface area contributed by atoms with Crippen LogP contribution in [0.1, 0.15) is 0 Å². The van der Waals surface area contributed by atoms with Gasteiger partial charge < -0.3 is 9.13 Å². The van der Waals surface area contributed by atoms with Gasteiger partial charge in [-0.05, 0) is 319 Å². The van der Waals surface area contributed by atoms with E-state index >= 15 is 0 Å². The van der Waals surface area contributed by atoms with E-state index in [4.69, 9.17) is 9.97 Å². The minimum atomic E-state index is 0.818. The van der Waals surface area contributed by atoms with Crippen molar-refractivity contribution < 1.29 is 0 Å². The fraction of sp³-hybridized carbons (Fsp3) is 0. The van der Waals surface area contributed by atoms with Gasteiger partial charge in [-0.2, -0.15) is 0 Å². The van der Waals surface area contributed by atoms with Crippen LogP contribution in [-0.2, 0) is 0 Å². The average Bonchev–Trinajstić information content (AvgIpc) is 0.942. The van der Waals surface area contributed by atoms with Crippen molar-refractivity contribution in [1.82, 2.24) is 29.1 Å². The topological polar surface area (TPSA) is 61.4 Å². The van der Waals surface area contributed by atoms with Crippen LogP contribution >= 0.6 is 0 Å². The van der Waals surface area contributed by atoms with Crippen LogP contribution in [-0.4, -0.2) is 29.1 Å². The summed E-state index contributed by atoms with van der Waals surface area (Å²) < 4.78 is 4.59. The monoisotopic (exact) mass is 1850 g/mol. The zero-order chi connectivity index (χ0) is 96.5. The van der Waals surface area contributed by atoms with Crippen LogP contribution in [0.15, 0.2) is 547 Å². The Morgan fingerprint density at radius 3 is 0.774 bits per heavy atom. The predicted molar refractivity (Wildman–Crippen MR) is 614 cm³/mol. The first kappa shape index (κ1) is 85.8. The van der Waals surface area contributed by atoms with Gasteiger partial charge in [0.25, 0.3) is 0 Å². The molecule has 0 unspecified atom stereocenters. The van der Waals surface area contributed by atoms with Crippen molar-refractivity contribution in [2.75, 3.05) is 0 Å². The highest BCUT2D eigenvalue weighted by Crippen LogP contribution is 2.51. The molecule has 0 radical (unpaired) electrons. The van der Waals surface area contributed by atoms with Gasteiger partial charge in [0, 0.05) is 63.8 Å². The summed E-state index contributed by atoms with van der Waals surface area (Å²) in [5, 5.41) is 19.2.